The molecule has 2 N–H and O–H groups in total. The minimum absolute atomic E-state index is 0.214. The molecule has 1 unspecified atom stereocenters. The summed E-state index contributed by atoms with van der Waals surface area (Å²) in [5.74, 6) is -0.703. The first kappa shape index (κ1) is 16.8. The van der Waals surface area contributed by atoms with Gasteiger partial charge in [-0.1, -0.05) is 24.3 Å². The van der Waals surface area contributed by atoms with Gasteiger partial charge in [0.2, 0.25) is 11.8 Å². The van der Waals surface area contributed by atoms with Crippen LogP contribution in [0.2, 0.25) is 0 Å². The Labute approximate surface area is 151 Å². The van der Waals surface area contributed by atoms with Crippen molar-refractivity contribution in [2.75, 3.05) is 17.4 Å². The predicted molar refractivity (Wildman–Crippen MR) is 97.3 cm³/mol. The number of nitrogens with one attached hydrogen (secondary N) is 2. The maximum Gasteiger partial charge on any atom is 0.265 e. The fourth-order valence-corrected chi connectivity index (χ4v) is 5.24. The van der Waals surface area contributed by atoms with Crippen LogP contribution in [0, 0.1) is 0 Å². The van der Waals surface area contributed by atoms with Gasteiger partial charge in [-0.05, 0) is 36.8 Å². The molecule has 2 aliphatic heterocycles. The number of benzene rings is 2. The van der Waals surface area contributed by atoms with Crippen molar-refractivity contribution in [1.29, 1.82) is 0 Å². The summed E-state index contributed by atoms with van der Waals surface area (Å²) >= 11 is 0. The zero-order valence-corrected chi connectivity index (χ0v) is 14.9. The molecule has 1 atom stereocenters. The van der Waals surface area contributed by atoms with Gasteiger partial charge in [0.25, 0.3) is 10.0 Å². The number of anilines is 1. The van der Waals surface area contributed by atoms with E-state index < -0.39 is 22.0 Å². The van der Waals surface area contributed by atoms with Crippen LogP contribution in [0.25, 0.3) is 10.8 Å². The van der Waals surface area contributed by atoms with Crippen LogP contribution in [0.1, 0.15) is 19.3 Å². The first-order chi connectivity index (χ1) is 12.5. The molecule has 2 heterocycles. The molecule has 136 valence electrons. The molecule has 2 aromatic rings. The molecule has 2 aliphatic rings. The van der Waals surface area contributed by atoms with Gasteiger partial charge in [0, 0.05) is 11.9 Å². The smallest absolute Gasteiger partial charge is 0.265 e. The molecule has 0 aliphatic carbocycles. The van der Waals surface area contributed by atoms with Crippen molar-refractivity contribution < 1.29 is 18.0 Å². The van der Waals surface area contributed by atoms with Gasteiger partial charge < -0.3 is 10.6 Å². The van der Waals surface area contributed by atoms with E-state index in [1.165, 1.54) is 0 Å². The number of carbonyl (C=O) groups excluding carboxylic acids is 2. The van der Waals surface area contributed by atoms with Crippen molar-refractivity contribution in [1.82, 2.24) is 10.6 Å². The van der Waals surface area contributed by atoms with Gasteiger partial charge in [-0.3, -0.25) is 13.9 Å². The third kappa shape index (κ3) is 2.70. The quantitative estimate of drug-likeness (QED) is 0.843. The van der Waals surface area contributed by atoms with Crippen molar-refractivity contribution >= 4 is 38.3 Å². The molecule has 1 saturated heterocycles. The number of hydrogen-bond acceptors (Lipinski definition) is 4. The van der Waals surface area contributed by atoms with E-state index in [1.54, 1.807) is 24.3 Å². The van der Waals surface area contributed by atoms with E-state index in [9.17, 15) is 18.0 Å². The number of nitrogens with zero attached hydrogens (tertiary/aromatic N) is 1. The van der Waals surface area contributed by atoms with E-state index in [0.717, 1.165) is 22.5 Å². The molecule has 2 amide bonds. The van der Waals surface area contributed by atoms with E-state index in [4.69, 9.17) is 0 Å². The zero-order chi connectivity index (χ0) is 18.3. The summed E-state index contributed by atoms with van der Waals surface area (Å²) < 4.78 is 26.9. The van der Waals surface area contributed by atoms with Crippen LogP contribution in [0.5, 0.6) is 0 Å². The van der Waals surface area contributed by atoms with Crippen LogP contribution in [-0.4, -0.2) is 39.4 Å². The second kappa shape index (κ2) is 6.28. The Balaban J connectivity index is 1.60. The van der Waals surface area contributed by atoms with Gasteiger partial charge in [0.1, 0.15) is 12.6 Å². The first-order valence-corrected chi connectivity index (χ1v) is 10.0. The summed E-state index contributed by atoms with van der Waals surface area (Å²) in [6.45, 7) is 0.253. The lowest BCUT2D eigenvalue weighted by Crippen LogP contribution is -2.49. The standard InChI is InChI=1S/C18H19N3O4S/c22-16(20-13-7-1-2-10-19-18(13)23)11-21-14-8-3-5-12-6-4-9-15(17(12)14)26(21,24)25/h3-6,8-9,13H,1-2,7,10-11H2,(H,19,23)(H,20,22). The zero-order valence-electron chi connectivity index (χ0n) is 14.1. The van der Waals surface area contributed by atoms with Crippen molar-refractivity contribution in [2.45, 2.75) is 30.2 Å². The highest BCUT2D eigenvalue weighted by Crippen LogP contribution is 2.41. The van der Waals surface area contributed by atoms with Crippen LogP contribution in [-0.2, 0) is 19.6 Å². The van der Waals surface area contributed by atoms with Gasteiger partial charge in [-0.2, -0.15) is 0 Å². The molecule has 26 heavy (non-hydrogen) atoms. The van der Waals surface area contributed by atoms with Gasteiger partial charge in [-0.15, -0.1) is 0 Å². The van der Waals surface area contributed by atoms with Gasteiger partial charge >= 0.3 is 0 Å². The average Bonchev–Trinajstić information content (AvgIpc) is 2.75. The molecule has 0 radical (unpaired) electrons. The predicted octanol–water partition coefficient (Wildman–Crippen LogP) is 1.13. The van der Waals surface area contributed by atoms with Crippen molar-refractivity contribution in [3.63, 3.8) is 0 Å². The number of sulfonamides is 1. The Bertz CT molecular complexity index is 997. The topological polar surface area (TPSA) is 95.6 Å². The monoisotopic (exact) mass is 373 g/mol. The number of carbonyl (C=O) groups is 2. The first-order valence-electron chi connectivity index (χ1n) is 8.60. The molecule has 0 saturated carbocycles. The van der Waals surface area contributed by atoms with E-state index in [-0.39, 0.29) is 17.3 Å². The van der Waals surface area contributed by atoms with E-state index >= 15 is 0 Å². The summed E-state index contributed by atoms with van der Waals surface area (Å²) in [5, 5.41) is 6.88. The summed E-state index contributed by atoms with van der Waals surface area (Å²) in [5.41, 5.74) is 0.499. The third-order valence-electron chi connectivity index (χ3n) is 4.84. The molecular formula is C18H19N3O4S. The lowest BCUT2D eigenvalue weighted by Gasteiger charge is -2.20. The Morgan fingerprint density at radius 1 is 1.19 bits per heavy atom. The van der Waals surface area contributed by atoms with Crippen LogP contribution < -0.4 is 14.9 Å². The van der Waals surface area contributed by atoms with Crippen LogP contribution >= 0.6 is 0 Å². The lowest BCUT2D eigenvalue weighted by atomic mass is 10.1. The van der Waals surface area contributed by atoms with Gasteiger partial charge in [0.05, 0.1) is 10.6 Å². The Morgan fingerprint density at radius 2 is 1.96 bits per heavy atom. The van der Waals surface area contributed by atoms with E-state index in [2.05, 4.69) is 10.6 Å². The second-order valence-corrected chi connectivity index (χ2v) is 8.38. The van der Waals surface area contributed by atoms with Crippen molar-refractivity contribution in [3.05, 3.63) is 36.4 Å². The highest BCUT2D eigenvalue weighted by molar-refractivity contribution is 7.93. The fraction of sp³-hybridized carbons (Fsp3) is 0.333. The third-order valence-corrected chi connectivity index (χ3v) is 6.64. The summed E-state index contributed by atoms with van der Waals surface area (Å²) in [6.07, 6.45) is 2.26. The Hall–Kier alpha value is -2.61. The Kier molecular flexibility index (Phi) is 4.07. The number of rotatable bonds is 3. The molecule has 0 bridgehead atoms. The van der Waals surface area contributed by atoms with Gasteiger partial charge in [-0.25, -0.2) is 8.42 Å². The normalized spacial score (nSPS) is 21.3. The minimum Gasteiger partial charge on any atom is -0.354 e. The maximum absolute atomic E-state index is 12.9. The molecule has 8 heteroatoms. The SMILES string of the molecule is O=C(CN1c2cccc3cccc(c23)S1(=O)=O)NC1CCCCNC1=O. The molecular weight excluding hydrogens is 354 g/mol. The highest BCUT2D eigenvalue weighted by atomic mass is 32.2. The summed E-state index contributed by atoms with van der Waals surface area (Å²) in [4.78, 5) is 24.7. The van der Waals surface area contributed by atoms with Gasteiger partial charge in [0.15, 0.2) is 0 Å². The van der Waals surface area contributed by atoms with E-state index in [0.29, 0.717) is 24.0 Å². The molecule has 7 nitrogen and oxygen atoms in total. The number of amides is 2. The molecule has 2 aromatic carbocycles. The summed E-state index contributed by atoms with van der Waals surface area (Å²) in [7, 11) is -3.78. The molecule has 0 aromatic heterocycles. The maximum atomic E-state index is 12.9. The van der Waals surface area contributed by atoms with Crippen LogP contribution in [0.15, 0.2) is 41.3 Å². The molecule has 4 rings (SSSR count). The molecule has 0 spiro atoms. The largest absolute Gasteiger partial charge is 0.354 e. The molecule has 1 fully saturated rings. The highest BCUT2D eigenvalue weighted by Gasteiger charge is 2.37. The van der Waals surface area contributed by atoms with Crippen LogP contribution in [0.3, 0.4) is 0 Å². The second-order valence-electron chi connectivity index (χ2n) is 6.55. The van der Waals surface area contributed by atoms with Crippen molar-refractivity contribution in [2.24, 2.45) is 0 Å². The van der Waals surface area contributed by atoms with Crippen molar-refractivity contribution in [3.8, 4) is 0 Å². The average molecular weight is 373 g/mol. The fourth-order valence-electron chi connectivity index (χ4n) is 3.58. The lowest BCUT2D eigenvalue weighted by molar-refractivity contribution is -0.128. The van der Waals surface area contributed by atoms with E-state index in [1.807, 2.05) is 12.1 Å². The van der Waals surface area contributed by atoms with Crippen LogP contribution in [0.4, 0.5) is 5.69 Å². The summed E-state index contributed by atoms with van der Waals surface area (Å²) in [6, 6.07) is 9.78. The number of hydrogen-bond donors (Lipinski definition) is 2. The Morgan fingerprint density at radius 3 is 2.77 bits per heavy atom. The minimum atomic E-state index is -3.78.